The number of rotatable bonds is 6. The lowest BCUT2D eigenvalue weighted by Crippen LogP contribution is -2.32. The summed E-state index contributed by atoms with van der Waals surface area (Å²) in [6, 6.07) is 10.1. The molecule has 0 saturated heterocycles. The van der Waals surface area contributed by atoms with Gasteiger partial charge in [0.25, 0.3) is 5.91 Å². The molecule has 1 aromatic heterocycles. The van der Waals surface area contributed by atoms with E-state index in [1.54, 1.807) is 50.5 Å². The molecular formula is C23H23NO6. The Hall–Kier alpha value is -3.32. The maximum Gasteiger partial charge on any atom is 0.290 e. The standard InChI is InChI=1S/C23H23NO6/c1-13-5-7-16-15(11-13)21(25)19-20(14-6-8-17(28-3)18(12-14)29-4)24(9-10-27-2)23(26)22(19)30-16/h5-8,11-12,20H,9-10H2,1-4H3. The summed E-state index contributed by atoms with van der Waals surface area (Å²) in [5, 5.41) is 0.459. The van der Waals surface area contributed by atoms with E-state index in [4.69, 9.17) is 18.6 Å². The first kappa shape index (κ1) is 20.0. The predicted octanol–water partition coefficient (Wildman–Crippen LogP) is 3.31. The number of aryl methyl sites for hydroxylation is 1. The van der Waals surface area contributed by atoms with Gasteiger partial charge in [0.1, 0.15) is 5.58 Å². The molecule has 0 spiro atoms. The molecule has 0 fully saturated rings. The number of hydrogen-bond donors (Lipinski definition) is 0. The minimum atomic E-state index is -0.608. The van der Waals surface area contributed by atoms with Gasteiger partial charge in [-0.2, -0.15) is 0 Å². The van der Waals surface area contributed by atoms with E-state index in [1.807, 2.05) is 19.1 Å². The van der Waals surface area contributed by atoms with Crippen molar-refractivity contribution < 1.29 is 23.4 Å². The summed E-state index contributed by atoms with van der Waals surface area (Å²) in [7, 11) is 4.67. The fourth-order valence-corrected chi connectivity index (χ4v) is 3.92. The quantitative estimate of drug-likeness (QED) is 0.622. The van der Waals surface area contributed by atoms with Crippen LogP contribution in [0, 0.1) is 6.92 Å². The van der Waals surface area contributed by atoms with E-state index in [9.17, 15) is 9.59 Å². The highest BCUT2D eigenvalue weighted by Crippen LogP contribution is 2.40. The molecule has 7 heteroatoms. The van der Waals surface area contributed by atoms with Gasteiger partial charge in [0.15, 0.2) is 16.9 Å². The Kier molecular flexibility index (Phi) is 5.22. The second kappa shape index (κ2) is 7.84. The van der Waals surface area contributed by atoms with Crippen LogP contribution < -0.4 is 14.9 Å². The van der Waals surface area contributed by atoms with Gasteiger partial charge in [-0.05, 0) is 36.8 Å². The fraction of sp³-hybridized carbons (Fsp3) is 0.304. The number of fused-ring (bicyclic) bond motifs is 2. The lowest BCUT2D eigenvalue weighted by Gasteiger charge is -2.25. The average molecular weight is 409 g/mol. The van der Waals surface area contributed by atoms with Gasteiger partial charge < -0.3 is 23.5 Å². The molecular weight excluding hydrogens is 386 g/mol. The Morgan fingerprint density at radius 2 is 1.77 bits per heavy atom. The van der Waals surface area contributed by atoms with Crippen molar-refractivity contribution in [2.75, 3.05) is 34.5 Å². The molecule has 1 atom stereocenters. The predicted molar refractivity (Wildman–Crippen MR) is 112 cm³/mol. The first-order chi connectivity index (χ1) is 14.5. The molecule has 1 amide bonds. The van der Waals surface area contributed by atoms with Gasteiger partial charge in [-0.3, -0.25) is 9.59 Å². The third-order valence-electron chi connectivity index (χ3n) is 5.38. The van der Waals surface area contributed by atoms with Crippen molar-refractivity contribution in [1.29, 1.82) is 0 Å². The minimum Gasteiger partial charge on any atom is -0.493 e. The molecule has 2 heterocycles. The molecule has 0 saturated carbocycles. The Balaban J connectivity index is 1.96. The van der Waals surface area contributed by atoms with Crippen LogP contribution in [0.3, 0.4) is 0 Å². The van der Waals surface area contributed by atoms with Crippen molar-refractivity contribution in [3.05, 3.63) is 69.1 Å². The van der Waals surface area contributed by atoms with Gasteiger partial charge in [-0.25, -0.2) is 0 Å². The van der Waals surface area contributed by atoms with Gasteiger partial charge in [0.05, 0.1) is 37.8 Å². The van der Waals surface area contributed by atoms with Crippen LogP contribution in [-0.4, -0.2) is 45.3 Å². The number of hydrogen-bond acceptors (Lipinski definition) is 6. The first-order valence-electron chi connectivity index (χ1n) is 9.59. The lowest BCUT2D eigenvalue weighted by atomic mass is 9.97. The van der Waals surface area contributed by atoms with Gasteiger partial charge in [0.2, 0.25) is 5.76 Å². The van der Waals surface area contributed by atoms with E-state index in [1.165, 1.54) is 0 Å². The van der Waals surface area contributed by atoms with E-state index in [0.29, 0.717) is 41.2 Å². The van der Waals surface area contributed by atoms with Gasteiger partial charge in [0, 0.05) is 13.7 Å². The topological polar surface area (TPSA) is 78.2 Å². The lowest BCUT2D eigenvalue weighted by molar-refractivity contribution is 0.0663. The van der Waals surface area contributed by atoms with E-state index >= 15 is 0 Å². The Morgan fingerprint density at radius 1 is 1.00 bits per heavy atom. The molecule has 30 heavy (non-hydrogen) atoms. The smallest absolute Gasteiger partial charge is 0.290 e. The zero-order valence-corrected chi connectivity index (χ0v) is 17.4. The minimum absolute atomic E-state index is 0.0761. The van der Waals surface area contributed by atoms with E-state index < -0.39 is 6.04 Å². The number of benzene rings is 2. The number of methoxy groups -OCH3 is 3. The number of nitrogens with zero attached hydrogens (tertiary/aromatic N) is 1. The van der Waals surface area contributed by atoms with Crippen LogP contribution in [0.1, 0.15) is 33.3 Å². The van der Waals surface area contributed by atoms with Crippen molar-refractivity contribution in [2.24, 2.45) is 0 Å². The molecule has 0 aliphatic carbocycles. The zero-order chi connectivity index (χ0) is 21.4. The molecule has 1 aliphatic heterocycles. The van der Waals surface area contributed by atoms with Crippen LogP contribution in [0.15, 0.2) is 45.6 Å². The molecule has 0 N–H and O–H groups in total. The average Bonchev–Trinajstić information content (AvgIpc) is 3.04. The molecule has 1 unspecified atom stereocenters. The van der Waals surface area contributed by atoms with E-state index in [-0.39, 0.29) is 17.1 Å². The molecule has 2 aromatic carbocycles. The van der Waals surface area contributed by atoms with Crippen molar-refractivity contribution in [3.63, 3.8) is 0 Å². The van der Waals surface area contributed by atoms with Crippen molar-refractivity contribution in [3.8, 4) is 11.5 Å². The van der Waals surface area contributed by atoms with Gasteiger partial charge >= 0.3 is 0 Å². The highest BCUT2D eigenvalue weighted by molar-refractivity contribution is 5.99. The third kappa shape index (κ3) is 3.11. The molecule has 3 aromatic rings. The molecule has 1 aliphatic rings. The molecule has 156 valence electrons. The normalized spacial score (nSPS) is 15.5. The van der Waals surface area contributed by atoms with Crippen LogP contribution in [-0.2, 0) is 4.74 Å². The third-order valence-corrected chi connectivity index (χ3v) is 5.38. The van der Waals surface area contributed by atoms with Crippen molar-refractivity contribution >= 4 is 16.9 Å². The number of carbonyl (C=O) groups excluding carboxylic acids is 1. The number of amides is 1. The highest BCUT2D eigenvalue weighted by atomic mass is 16.5. The Morgan fingerprint density at radius 3 is 2.47 bits per heavy atom. The number of carbonyl (C=O) groups is 1. The summed E-state index contributed by atoms with van der Waals surface area (Å²) >= 11 is 0. The molecule has 0 bridgehead atoms. The largest absolute Gasteiger partial charge is 0.493 e. The molecule has 0 radical (unpaired) electrons. The first-order valence-corrected chi connectivity index (χ1v) is 9.59. The Bertz CT molecular complexity index is 1180. The monoisotopic (exact) mass is 409 g/mol. The summed E-state index contributed by atoms with van der Waals surface area (Å²) < 4.78 is 21.9. The van der Waals surface area contributed by atoms with Gasteiger partial charge in [-0.1, -0.05) is 17.7 Å². The van der Waals surface area contributed by atoms with Crippen LogP contribution in [0.5, 0.6) is 11.5 Å². The SMILES string of the molecule is COCCN1C(=O)c2oc3ccc(C)cc3c(=O)c2C1c1ccc(OC)c(OC)c1. The summed E-state index contributed by atoms with van der Waals surface area (Å²) in [4.78, 5) is 28.3. The summed E-state index contributed by atoms with van der Waals surface area (Å²) in [5.41, 5.74) is 2.20. The fourth-order valence-electron chi connectivity index (χ4n) is 3.92. The second-order valence-electron chi connectivity index (χ2n) is 7.18. The summed E-state index contributed by atoms with van der Waals surface area (Å²) in [6.45, 7) is 2.55. The Labute approximate surface area is 173 Å². The van der Waals surface area contributed by atoms with E-state index in [0.717, 1.165) is 11.1 Å². The maximum atomic E-state index is 13.5. The van der Waals surface area contributed by atoms with Crippen LogP contribution >= 0.6 is 0 Å². The summed E-state index contributed by atoms with van der Waals surface area (Å²) in [6.07, 6.45) is 0. The van der Waals surface area contributed by atoms with Gasteiger partial charge in [-0.15, -0.1) is 0 Å². The maximum absolute atomic E-state index is 13.5. The second-order valence-corrected chi connectivity index (χ2v) is 7.18. The highest BCUT2D eigenvalue weighted by Gasteiger charge is 2.42. The van der Waals surface area contributed by atoms with E-state index in [2.05, 4.69) is 0 Å². The van der Waals surface area contributed by atoms with Crippen LogP contribution in [0.4, 0.5) is 0 Å². The molecule has 7 nitrogen and oxygen atoms in total. The number of ether oxygens (including phenoxy) is 3. The van der Waals surface area contributed by atoms with Crippen molar-refractivity contribution in [1.82, 2.24) is 4.90 Å². The molecule has 4 rings (SSSR count). The zero-order valence-electron chi connectivity index (χ0n) is 17.4. The summed E-state index contributed by atoms with van der Waals surface area (Å²) in [5.74, 6) is 0.827. The van der Waals surface area contributed by atoms with Crippen molar-refractivity contribution in [2.45, 2.75) is 13.0 Å². The van der Waals surface area contributed by atoms with Crippen LogP contribution in [0.2, 0.25) is 0 Å². The van der Waals surface area contributed by atoms with Crippen LogP contribution in [0.25, 0.3) is 11.0 Å².